The average Bonchev–Trinajstić information content (AvgIpc) is 2.45. The van der Waals surface area contributed by atoms with Gasteiger partial charge in [-0.1, -0.05) is 18.2 Å². The molecular weight excluding hydrogens is 260 g/mol. The molecule has 0 aromatic heterocycles. The van der Waals surface area contributed by atoms with Gasteiger partial charge in [-0.2, -0.15) is 0 Å². The monoisotopic (exact) mass is 280 g/mol. The Hall–Kier alpha value is -2.09. The van der Waals surface area contributed by atoms with Gasteiger partial charge >= 0.3 is 0 Å². The van der Waals surface area contributed by atoms with Crippen LogP contribution in [0.25, 0.3) is 0 Å². The first-order valence-corrected chi connectivity index (χ1v) is 7.33. The lowest BCUT2D eigenvalue weighted by Crippen LogP contribution is -2.26. The van der Waals surface area contributed by atoms with E-state index >= 15 is 0 Å². The lowest BCUT2D eigenvalue weighted by atomic mass is 9.86. The minimum atomic E-state index is -0.195. The zero-order valence-electron chi connectivity index (χ0n) is 13.0. The topological polar surface area (TPSA) is 26.3 Å². The Morgan fingerprint density at radius 3 is 2.29 bits per heavy atom. The first kappa shape index (κ1) is 13.9. The first-order chi connectivity index (χ1) is 9.97. The number of carbonyl (C=O) groups excluding carboxylic acids is 1. The van der Waals surface area contributed by atoms with Gasteiger partial charge < -0.3 is 4.74 Å². The van der Waals surface area contributed by atoms with Gasteiger partial charge in [0.15, 0.2) is 5.78 Å². The van der Waals surface area contributed by atoms with Crippen LogP contribution in [-0.2, 0) is 0 Å². The summed E-state index contributed by atoms with van der Waals surface area (Å²) in [5.41, 5.74) is 6.51. The highest BCUT2D eigenvalue weighted by Gasteiger charge is 2.30. The quantitative estimate of drug-likeness (QED) is 0.779. The number of fused-ring (bicyclic) bond motifs is 1. The molecule has 2 aromatic rings. The maximum Gasteiger partial charge on any atom is 0.177 e. The van der Waals surface area contributed by atoms with Crippen molar-refractivity contribution >= 4 is 5.78 Å². The second kappa shape index (κ2) is 5.03. The number of rotatable bonds is 1. The fourth-order valence-electron chi connectivity index (χ4n) is 2.77. The van der Waals surface area contributed by atoms with Crippen LogP contribution in [0.4, 0.5) is 0 Å². The summed E-state index contributed by atoms with van der Waals surface area (Å²) < 4.78 is 5.85. The third-order valence-corrected chi connectivity index (χ3v) is 4.52. The Bertz CT molecular complexity index is 729. The molecule has 0 saturated heterocycles. The number of ketones is 1. The highest BCUT2D eigenvalue weighted by Crippen LogP contribution is 2.34. The summed E-state index contributed by atoms with van der Waals surface area (Å²) in [6.07, 6.45) is 0. The Kier molecular flexibility index (Phi) is 3.32. The maximum absolute atomic E-state index is 12.8. The smallest absolute Gasteiger partial charge is 0.177 e. The van der Waals surface area contributed by atoms with Crippen LogP contribution in [0, 0.1) is 27.7 Å². The number of carbonyl (C=O) groups is 1. The molecule has 1 atom stereocenters. The second-order valence-corrected chi connectivity index (χ2v) is 6.00. The fourth-order valence-corrected chi connectivity index (χ4v) is 2.77. The van der Waals surface area contributed by atoms with Crippen LogP contribution in [0.15, 0.2) is 30.3 Å². The predicted octanol–water partition coefficient (Wildman–Crippen LogP) is 4.28. The van der Waals surface area contributed by atoms with Crippen LogP contribution in [0.5, 0.6) is 5.75 Å². The summed E-state index contributed by atoms with van der Waals surface area (Å²) in [6.45, 7) is 8.66. The van der Waals surface area contributed by atoms with Gasteiger partial charge in [0.05, 0.1) is 11.5 Å². The number of benzene rings is 2. The van der Waals surface area contributed by atoms with Crippen molar-refractivity contribution in [2.24, 2.45) is 0 Å². The van der Waals surface area contributed by atoms with Gasteiger partial charge in [-0.15, -0.1) is 0 Å². The second-order valence-electron chi connectivity index (χ2n) is 6.00. The summed E-state index contributed by atoms with van der Waals surface area (Å²) in [6, 6.07) is 10.2. The lowest BCUT2D eigenvalue weighted by Gasteiger charge is -2.25. The largest absolute Gasteiger partial charge is 0.492 e. The molecule has 0 bridgehead atoms. The molecule has 0 spiro atoms. The standard InChI is InChI=1S/C19H20O2/c1-11-5-6-15(7-12(11)2)17-10-21-18-9-14(4)13(3)8-16(18)19(17)20/h5-9,17H,10H2,1-4H3. The molecule has 1 aliphatic heterocycles. The average molecular weight is 280 g/mol. The molecule has 1 aliphatic rings. The number of aryl methyl sites for hydroxylation is 4. The zero-order valence-corrected chi connectivity index (χ0v) is 13.0. The van der Waals surface area contributed by atoms with Crippen molar-refractivity contribution in [3.05, 3.63) is 63.7 Å². The van der Waals surface area contributed by atoms with Crippen LogP contribution in [0.1, 0.15) is 44.1 Å². The van der Waals surface area contributed by atoms with E-state index in [2.05, 4.69) is 26.0 Å². The lowest BCUT2D eigenvalue weighted by molar-refractivity contribution is 0.0896. The molecule has 0 saturated carbocycles. The van der Waals surface area contributed by atoms with Crippen molar-refractivity contribution in [3.8, 4) is 5.75 Å². The van der Waals surface area contributed by atoms with E-state index in [1.807, 2.05) is 32.0 Å². The van der Waals surface area contributed by atoms with Crippen molar-refractivity contribution in [2.45, 2.75) is 33.6 Å². The van der Waals surface area contributed by atoms with Crippen molar-refractivity contribution in [3.63, 3.8) is 0 Å². The summed E-state index contributed by atoms with van der Waals surface area (Å²) in [5.74, 6) is 0.699. The van der Waals surface area contributed by atoms with E-state index in [-0.39, 0.29) is 11.7 Å². The minimum Gasteiger partial charge on any atom is -0.492 e. The first-order valence-electron chi connectivity index (χ1n) is 7.33. The van der Waals surface area contributed by atoms with Crippen molar-refractivity contribution in [1.29, 1.82) is 0 Å². The fraction of sp³-hybridized carbons (Fsp3) is 0.316. The highest BCUT2D eigenvalue weighted by atomic mass is 16.5. The van der Waals surface area contributed by atoms with Crippen LogP contribution >= 0.6 is 0 Å². The van der Waals surface area contributed by atoms with Crippen molar-refractivity contribution in [2.75, 3.05) is 6.61 Å². The summed E-state index contributed by atoms with van der Waals surface area (Å²) in [4.78, 5) is 12.8. The summed E-state index contributed by atoms with van der Waals surface area (Å²) >= 11 is 0. The molecule has 1 heterocycles. The number of Topliss-reactive ketones (excluding diaryl/α,β-unsaturated/α-hetero) is 1. The molecule has 2 nitrogen and oxygen atoms in total. The van der Waals surface area contributed by atoms with Crippen LogP contribution < -0.4 is 4.74 Å². The molecular formula is C19H20O2. The number of ether oxygens (including phenoxy) is 1. The van der Waals surface area contributed by atoms with E-state index in [4.69, 9.17) is 4.74 Å². The molecule has 108 valence electrons. The van der Waals surface area contributed by atoms with Crippen LogP contribution in [0.2, 0.25) is 0 Å². The SMILES string of the molecule is Cc1ccc(C2COc3cc(C)c(C)cc3C2=O)cc1C. The van der Waals surface area contributed by atoms with E-state index in [1.165, 1.54) is 11.1 Å². The molecule has 0 aliphatic carbocycles. The van der Waals surface area contributed by atoms with Gasteiger partial charge in [-0.25, -0.2) is 0 Å². The molecule has 0 N–H and O–H groups in total. The van der Waals surface area contributed by atoms with E-state index in [9.17, 15) is 4.79 Å². The normalized spacial score (nSPS) is 17.3. The number of hydrogen-bond donors (Lipinski definition) is 0. The molecule has 0 fully saturated rings. The molecule has 1 unspecified atom stereocenters. The van der Waals surface area contributed by atoms with E-state index < -0.39 is 0 Å². The van der Waals surface area contributed by atoms with E-state index in [0.29, 0.717) is 12.2 Å². The number of hydrogen-bond acceptors (Lipinski definition) is 2. The Balaban J connectivity index is 2.02. The molecule has 2 aromatic carbocycles. The van der Waals surface area contributed by atoms with E-state index in [1.54, 1.807) is 0 Å². The Labute approximate surface area is 125 Å². The zero-order chi connectivity index (χ0) is 15.1. The van der Waals surface area contributed by atoms with Gasteiger partial charge in [-0.05, 0) is 67.6 Å². The molecule has 3 rings (SSSR count). The van der Waals surface area contributed by atoms with Gasteiger partial charge in [0.25, 0.3) is 0 Å². The predicted molar refractivity (Wildman–Crippen MR) is 84.4 cm³/mol. The Morgan fingerprint density at radius 2 is 1.57 bits per heavy atom. The maximum atomic E-state index is 12.8. The Morgan fingerprint density at radius 1 is 0.905 bits per heavy atom. The molecule has 0 amide bonds. The van der Waals surface area contributed by atoms with Crippen molar-refractivity contribution < 1.29 is 9.53 Å². The van der Waals surface area contributed by atoms with Gasteiger partial charge in [0.1, 0.15) is 12.4 Å². The molecule has 2 heteroatoms. The molecule has 0 radical (unpaired) electrons. The van der Waals surface area contributed by atoms with Gasteiger partial charge in [0.2, 0.25) is 0 Å². The highest BCUT2D eigenvalue weighted by molar-refractivity contribution is 6.04. The van der Waals surface area contributed by atoms with E-state index in [0.717, 1.165) is 22.4 Å². The van der Waals surface area contributed by atoms with Crippen molar-refractivity contribution in [1.82, 2.24) is 0 Å². The molecule has 21 heavy (non-hydrogen) atoms. The van der Waals surface area contributed by atoms with Gasteiger partial charge in [-0.3, -0.25) is 4.79 Å². The van der Waals surface area contributed by atoms with Crippen LogP contribution in [-0.4, -0.2) is 12.4 Å². The van der Waals surface area contributed by atoms with Gasteiger partial charge in [0, 0.05) is 0 Å². The minimum absolute atomic E-state index is 0.169. The third kappa shape index (κ3) is 2.35. The van der Waals surface area contributed by atoms with Crippen LogP contribution in [0.3, 0.4) is 0 Å². The third-order valence-electron chi connectivity index (χ3n) is 4.52. The summed E-state index contributed by atoms with van der Waals surface area (Å²) in [7, 11) is 0. The summed E-state index contributed by atoms with van der Waals surface area (Å²) in [5, 5.41) is 0.